The zero-order chi connectivity index (χ0) is 33.5. The van der Waals surface area contributed by atoms with Gasteiger partial charge < -0.3 is 30.9 Å². The number of terminal acetylenes is 1. The van der Waals surface area contributed by atoms with Crippen LogP contribution in [0.4, 0.5) is 4.79 Å². The minimum absolute atomic E-state index is 0.0349. The second-order valence-electron chi connectivity index (χ2n) is 12.1. The lowest BCUT2D eigenvalue weighted by Crippen LogP contribution is -2.61. The average Bonchev–Trinajstić information content (AvgIpc) is 3.32. The molecule has 12 heteroatoms. The Kier molecular flexibility index (Phi) is 16.9. The van der Waals surface area contributed by atoms with E-state index in [1.54, 1.807) is 34.6 Å². The summed E-state index contributed by atoms with van der Waals surface area (Å²) in [5.74, 6) is -1.62. The molecule has 5 atom stereocenters. The minimum atomic E-state index is -1.12. The Morgan fingerprint density at radius 2 is 1.65 bits per heavy atom. The van der Waals surface area contributed by atoms with E-state index >= 15 is 0 Å². The lowest BCUT2D eigenvalue weighted by atomic mass is 9.85. The van der Waals surface area contributed by atoms with Gasteiger partial charge >= 0.3 is 12.0 Å². The third-order valence-electron chi connectivity index (χ3n) is 6.37. The van der Waals surface area contributed by atoms with Gasteiger partial charge in [-0.05, 0) is 30.6 Å². The maximum Gasteiger partial charge on any atom is 0.329 e. The number of nitrogens with zero attached hydrogens (tertiary/aromatic N) is 1. The van der Waals surface area contributed by atoms with Crippen LogP contribution in [0.1, 0.15) is 75.2 Å². The van der Waals surface area contributed by atoms with Crippen LogP contribution in [0.3, 0.4) is 0 Å². The first-order valence-corrected chi connectivity index (χ1v) is 14.7. The van der Waals surface area contributed by atoms with Crippen molar-refractivity contribution in [2.45, 2.75) is 99.3 Å². The number of Topliss-reactive ketones (excluding diaryl/α,β-unsaturated/α-hetero) is 1. The molecule has 0 radical (unpaired) electrons. The largest absolute Gasteiger partial charge is 0.451 e. The number of ketones is 1. The number of carbonyl (C=O) groups excluding carboxylic acids is 6. The van der Waals surface area contributed by atoms with Gasteiger partial charge in [0.05, 0.1) is 6.04 Å². The normalized spacial score (nSPS) is 18.0. The van der Waals surface area contributed by atoms with Crippen molar-refractivity contribution in [1.82, 2.24) is 26.2 Å². The molecule has 0 bridgehead atoms. The first kappa shape index (κ1) is 39.1. The van der Waals surface area contributed by atoms with Crippen molar-refractivity contribution >= 4 is 35.5 Å². The van der Waals surface area contributed by atoms with Crippen LogP contribution in [-0.4, -0.2) is 84.3 Å². The molecule has 242 valence electrons. The summed E-state index contributed by atoms with van der Waals surface area (Å²) in [7, 11) is 0. The minimum Gasteiger partial charge on any atom is -0.451 e. The second kappa shape index (κ2) is 18.6. The Balaban J connectivity index is 0.00000562. The van der Waals surface area contributed by atoms with E-state index in [1.807, 2.05) is 6.92 Å². The van der Waals surface area contributed by atoms with Crippen molar-refractivity contribution in [3.8, 4) is 12.3 Å². The van der Waals surface area contributed by atoms with Gasteiger partial charge in [-0.25, -0.2) is 9.59 Å². The first-order chi connectivity index (χ1) is 20.0. The van der Waals surface area contributed by atoms with Crippen LogP contribution >= 0.6 is 0 Å². The maximum atomic E-state index is 13.8. The molecule has 4 N–H and O–H groups in total. The van der Waals surface area contributed by atoms with E-state index in [0.29, 0.717) is 6.42 Å². The summed E-state index contributed by atoms with van der Waals surface area (Å²) >= 11 is 0. The molecule has 43 heavy (non-hydrogen) atoms. The van der Waals surface area contributed by atoms with Gasteiger partial charge in [-0.2, -0.15) is 0 Å². The van der Waals surface area contributed by atoms with E-state index in [1.165, 1.54) is 24.3 Å². The number of ether oxygens (including phenoxy) is 1. The second-order valence-corrected chi connectivity index (χ2v) is 12.1. The molecular weight excluding hydrogens is 554 g/mol. The Hall–Kier alpha value is -3.88. The molecular formula is C31H51N5O7. The summed E-state index contributed by atoms with van der Waals surface area (Å²) in [4.78, 5) is 77.9. The van der Waals surface area contributed by atoms with Gasteiger partial charge in [0.25, 0.3) is 5.91 Å². The van der Waals surface area contributed by atoms with Gasteiger partial charge in [-0.15, -0.1) is 13.0 Å². The molecule has 1 aliphatic heterocycles. The summed E-state index contributed by atoms with van der Waals surface area (Å²) in [6.45, 7) is 19.8. The molecule has 0 aromatic heterocycles. The molecule has 0 aliphatic carbocycles. The molecule has 0 saturated carbocycles. The number of urea groups is 1. The van der Waals surface area contributed by atoms with Crippen molar-refractivity contribution in [2.75, 3.05) is 19.7 Å². The summed E-state index contributed by atoms with van der Waals surface area (Å²) in [5, 5.41) is 10.1. The fraction of sp³-hybridized carbons (Fsp3) is 0.677. The number of nitrogens with one attached hydrogen (secondary N) is 4. The van der Waals surface area contributed by atoms with E-state index < -0.39 is 65.1 Å². The molecule has 0 aromatic rings. The van der Waals surface area contributed by atoms with E-state index in [-0.39, 0.29) is 31.5 Å². The molecule has 3 unspecified atom stereocenters. The first-order valence-electron chi connectivity index (χ1n) is 14.7. The van der Waals surface area contributed by atoms with Crippen LogP contribution in [-0.2, 0) is 28.7 Å². The predicted molar refractivity (Wildman–Crippen MR) is 164 cm³/mol. The number of likely N-dealkylation sites (tertiary alicyclic amines) is 1. The van der Waals surface area contributed by atoms with Gasteiger partial charge in [-0.3, -0.25) is 19.2 Å². The molecule has 1 fully saturated rings. The monoisotopic (exact) mass is 605 g/mol. The lowest BCUT2D eigenvalue weighted by molar-refractivity contribution is -0.145. The number of esters is 1. The smallest absolute Gasteiger partial charge is 0.329 e. The van der Waals surface area contributed by atoms with E-state index in [9.17, 15) is 28.8 Å². The highest BCUT2D eigenvalue weighted by Crippen LogP contribution is 2.28. The number of hydrogen-bond donors (Lipinski definition) is 4. The van der Waals surface area contributed by atoms with Crippen molar-refractivity contribution in [3.63, 3.8) is 0 Å². The Morgan fingerprint density at radius 1 is 1.07 bits per heavy atom. The maximum absolute atomic E-state index is 13.8. The Labute approximate surface area is 256 Å². The molecule has 1 saturated heterocycles. The number of amides is 5. The van der Waals surface area contributed by atoms with Crippen LogP contribution in [0.5, 0.6) is 0 Å². The van der Waals surface area contributed by atoms with Gasteiger partial charge in [0.1, 0.15) is 18.1 Å². The van der Waals surface area contributed by atoms with Gasteiger partial charge in [0.15, 0.2) is 6.61 Å². The molecule has 12 nitrogen and oxygen atoms in total. The van der Waals surface area contributed by atoms with Crippen LogP contribution in [0.2, 0.25) is 0 Å². The molecule has 5 amide bonds. The van der Waals surface area contributed by atoms with Crippen LogP contribution in [0.15, 0.2) is 12.7 Å². The van der Waals surface area contributed by atoms with E-state index in [0.717, 1.165) is 0 Å². The summed E-state index contributed by atoms with van der Waals surface area (Å²) in [6.07, 6.45) is 8.15. The summed E-state index contributed by atoms with van der Waals surface area (Å²) < 4.78 is 4.96. The number of carbonyl (C=O) groups is 6. The molecule has 1 heterocycles. The highest BCUT2D eigenvalue weighted by Gasteiger charge is 2.44. The highest BCUT2D eigenvalue weighted by molar-refractivity contribution is 6.38. The summed E-state index contributed by atoms with van der Waals surface area (Å²) in [6, 6.07) is -4.85. The standard InChI is InChI=1S/C28H43N5O7.C3H8/c1-10-12-29-24(36)21(34)18(6)30-23(35)19-14-17(5)15-33(19)25(37)22(28(7,8)9)32-27(39)31-20(16(3)4)26(38)40-13-11-2;1-3-2/h2,10,16-20,22H,1,12-15H2,3-9H3,(H,29,36)(H,30,35)(H2,31,32,39);3H2,1-2H3/t17-,18?,19+,20?,22?;/m1./s1. The zero-order valence-corrected chi connectivity index (χ0v) is 27.2. The third-order valence-corrected chi connectivity index (χ3v) is 6.37. The van der Waals surface area contributed by atoms with E-state index in [4.69, 9.17) is 11.2 Å². The Morgan fingerprint density at radius 3 is 2.14 bits per heavy atom. The van der Waals surface area contributed by atoms with Crippen LogP contribution in [0, 0.1) is 29.6 Å². The molecule has 1 aliphatic rings. The van der Waals surface area contributed by atoms with Gasteiger partial charge in [-0.1, -0.05) is 73.8 Å². The molecule has 1 rings (SSSR count). The fourth-order valence-corrected chi connectivity index (χ4v) is 4.19. The van der Waals surface area contributed by atoms with Crippen molar-refractivity contribution in [2.24, 2.45) is 17.3 Å². The van der Waals surface area contributed by atoms with E-state index in [2.05, 4.69) is 47.6 Å². The van der Waals surface area contributed by atoms with Gasteiger partial charge in [0.2, 0.25) is 17.6 Å². The topological polar surface area (TPSA) is 163 Å². The SMILES string of the molecule is C#CCOC(=O)C(NC(=O)NC(C(=O)N1C[C@H](C)C[C@H]1C(=O)NC(C)C(=O)C(=O)NCC=C)C(C)(C)C)C(C)C.CCC. The third kappa shape index (κ3) is 12.9. The van der Waals surface area contributed by atoms with Crippen molar-refractivity contribution in [1.29, 1.82) is 0 Å². The fourth-order valence-electron chi connectivity index (χ4n) is 4.19. The number of rotatable bonds is 12. The van der Waals surface area contributed by atoms with Crippen LogP contribution < -0.4 is 21.3 Å². The predicted octanol–water partition coefficient (Wildman–Crippen LogP) is 1.93. The zero-order valence-electron chi connectivity index (χ0n) is 27.2. The molecule has 0 aromatic carbocycles. The summed E-state index contributed by atoms with van der Waals surface area (Å²) in [5.41, 5.74) is -0.773. The Bertz CT molecular complexity index is 1040. The molecule has 0 spiro atoms. The van der Waals surface area contributed by atoms with Crippen molar-refractivity contribution < 1.29 is 33.5 Å². The number of hydrogen-bond acceptors (Lipinski definition) is 7. The van der Waals surface area contributed by atoms with Gasteiger partial charge in [0, 0.05) is 13.1 Å². The van der Waals surface area contributed by atoms with Crippen LogP contribution in [0.25, 0.3) is 0 Å². The lowest BCUT2D eigenvalue weighted by Gasteiger charge is -2.36. The highest BCUT2D eigenvalue weighted by atomic mass is 16.5. The quantitative estimate of drug-likeness (QED) is 0.114. The van der Waals surface area contributed by atoms with Crippen molar-refractivity contribution in [3.05, 3.63) is 12.7 Å². The average molecular weight is 606 g/mol.